The van der Waals surface area contributed by atoms with Crippen LogP contribution in [0.2, 0.25) is 0 Å². The number of rotatable bonds is 3. The van der Waals surface area contributed by atoms with Crippen LogP contribution in [0.4, 0.5) is 0 Å². The smallest absolute Gasteiger partial charge is 0.238 e. The number of carbonyl (C=O) groups excluding carboxylic acids is 1. The van der Waals surface area contributed by atoms with Gasteiger partial charge in [-0.1, -0.05) is 15.9 Å². The summed E-state index contributed by atoms with van der Waals surface area (Å²) in [6.45, 7) is 10.2. The van der Waals surface area contributed by atoms with E-state index in [1.165, 1.54) is 0 Å². The van der Waals surface area contributed by atoms with Crippen LogP contribution in [-0.2, 0) is 11.3 Å². The van der Waals surface area contributed by atoms with E-state index in [-0.39, 0.29) is 5.91 Å². The van der Waals surface area contributed by atoms with Gasteiger partial charge in [-0.3, -0.25) is 9.69 Å². The van der Waals surface area contributed by atoms with Crippen molar-refractivity contribution in [1.29, 1.82) is 0 Å². The van der Waals surface area contributed by atoms with E-state index in [2.05, 4.69) is 31.2 Å². The second kappa shape index (κ2) is 5.89. The number of halogens is 1. The zero-order valence-electron chi connectivity index (χ0n) is 11.6. The van der Waals surface area contributed by atoms with E-state index in [1.807, 2.05) is 25.7 Å². The predicted molar refractivity (Wildman–Crippen MR) is 81.7 cm³/mol. The highest BCUT2D eigenvalue weighted by Gasteiger charge is 2.31. The topological polar surface area (TPSA) is 36.4 Å². The Labute approximate surface area is 126 Å². The third kappa shape index (κ3) is 4.00. The molecule has 106 valence electrons. The van der Waals surface area contributed by atoms with E-state index in [9.17, 15) is 4.79 Å². The van der Waals surface area contributed by atoms with Crippen LogP contribution in [-0.4, -0.2) is 51.2 Å². The molecule has 2 rings (SSSR count). The molecule has 4 nitrogen and oxygen atoms in total. The van der Waals surface area contributed by atoms with E-state index >= 15 is 0 Å². The number of piperazine rings is 1. The Bertz CT molecular complexity index is 447. The summed E-state index contributed by atoms with van der Waals surface area (Å²) in [5.74, 6) is 0.177. The van der Waals surface area contributed by atoms with Crippen molar-refractivity contribution in [3.05, 3.63) is 16.1 Å². The van der Waals surface area contributed by atoms with Crippen LogP contribution in [0.15, 0.2) is 5.38 Å². The molecule has 1 aliphatic rings. The third-order valence-corrected chi connectivity index (χ3v) is 4.38. The maximum atomic E-state index is 12.1. The number of alkyl halides is 1. The summed E-state index contributed by atoms with van der Waals surface area (Å²) in [4.78, 5) is 20.9. The molecule has 1 aliphatic heterocycles. The van der Waals surface area contributed by atoms with E-state index in [4.69, 9.17) is 0 Å². The fourth-order valence-corrected chi connectivity index (χ4v) is 3.05. The standard InChI is InChI=1S/C13H20BrN3OS/c1-10-15-11(9-19-10)8-16-4-6-17(7-5-16)12(18)13(2,3)14/h9H,4-8H2,1-3H3. The molecule has 1 fully saturated rings. The van der Waals surface area contributed by atoms with Crippen LogP contribution in [0.25, 0.3) is 0 Å². The van der Waals surface area contributed by atoms with Crippen molar-refractivity contribution in [1.82, 2.24) is 14.8 Å². The SMILES string of the molecule is Cc1nc(CN2CCN(C(=O)C(C)(C)Br)CC2)cs1. The molecule has 0 N–H and O–H groups in total. The van der Waals surface area contributed by atoms with Gasteiger partial charge in [-0.25, -0.2) is 4.98 Å². The molecule has 0 radical (unpaired) electrons. The van der Waals surface area contributed by atoms with Crippen LogP contribution < -0.4 is 0 Å². The summed E-state index contributed by atoms with van der Waals surface area (Å²) in [5, 5.41) is 3.24. The molecule has 1 aromatic heterocycles. The van der Waals surface area contributed by atoms with Gasteiger partial charge in [-0.05, 0) is 20.8 Å². The average molecular weight is 346 g/mol. The first-order chi connectivity index (χ1) is 8.86. The van der Waals surface area contributed by atoms with Gasteiger partial charge in [-0.2, -0.15) is 0 Å². The minimum atomic E-state index is -0.457. The Morgan fingerprint density at radius 2 is 2.05 bits per heavy atom. The molecule has 1 saturated heterocycles. The molecule has 0 unspecified atom stereocenters. The van der Waals surface area contributed by atoms with Crippen LogP contribution in [0.5, 0.6) is 0 Å². The van der Waals surface area contributed by atoms with Crippen molar-refractivity contribution in [2.24, 2.45) is 0 Å². The van der Waals surface area contributed by atoms with Crippen molar-refractivity contribution in [2.45, 2.75) is 31.6 Å². The Hall–Kier alpha value is -0.460. The number of aryl methyl sites for hydroxylation is 1. The predicted octanol–water partition coefficient (Wildman–Crippen LogP) is 2.27. The van der Waals surface area contributed by atoms with Crippen LogP contribution in [0, 0.1) is 6.92 Å². The summed E-state index contributed by atoms with van der Waals surface area (Å²) < 4.78 is -0.457. The number of thiazole rings is 1. The van der Waals surface area contributed by atoms with Crippen molar-refractivity contribution >= 4 is 33.2 Å². The lowest BCUT2D eigenvalue weighted by atomic mass is 10.1. The van der Waals surface area contributed by atoms with Crippen molar-refractivity contribution < 1.29 is 4.79 Å². The second-order valence-electron chi connectivity index (χ2n) is 5.40. The Morgan fingerprint density at radius 3 is 2.53 bits per heavy atom. The molecular weight excluding hydrogens is 326 g/mol. The quantitative estimate of drug-likeness (QED) is 0.788. The minimum Gasteiger partial charge on any atom is -0.339 e. The summed E-state index contributed by atoms with van der Waals surface area (Å²) in [6.07, 6.45) is 0. The molecule has 0 bridgehead atoms. The highest BCUT2D eigenvalue weighted by molar-refractivity contribution is 9.10. The molecule has 2 heterocycles. The molecular formula is C13H20BrN3OS. The number of amides is 1. The zero-order chi connectivity index (χ0) is 14.0. The summed E-state index contributed by atoms with van der Waals surface area (Å²) in [5.41, 5.74) is 1.14. The molecule has 6 heteroatoms. The number of hydrogen-bond donors (Lipinski definition) is 0. The fourth-order valence-electron chi connectivity index (χ4n) is 2.20. The first kappa shape index (κ1) is 14.9. The second-order valence-corrected chi connectivity index (χ2v) is 8.44. The fraction of sp³-hybridized carbons (Fsp3) is 0.692. The van der Waals surface area contributed by atoms with E-state index in [1.54, 1.807) is 11.3 Å². The monoisotopic (exact) mass is 345 g/mol. The highest BCUT2D eigenvalue weighted by atomic mass is 79.9. The van der Waals surface area contributed by atoms with Gasteiger partial charge in [0.15, 0.2) is 0 Å². The van der Waals surface area contributed by atoms with Gasteiger partial charge >= 0.3 is 0 Å². The van der Waals surface area contributed by atoms with Gasteiger partial charge in [-0.15, -0.1) is 11.3 Å². The summed E-state index contributed by atoms with van der Waals surface area (Å²) in [7, 11) is 0. The van der Waals surface area contributed by atoms with Crippen LogP contribution in [0.1, 0.15) is 24.5 Å². The van der Waals surface area contributed by atoms with Gasteiger partial charge in [0.2, 0.25) is 5.91 Å². The zero-order valence-corrected chi connectivity index (χ0v) is 14.1. The average Bonchev–Trinajstić information content (AvgIpc) is 2.74. The Balaban J connectivity index is 1.84. The lowest BCUT2D eigenvalue weighted by Gasteiger charge is -2.36. The number of nitrogens with zero attached hydrogens (tertiary/aromatic N) is 3. The summed E-state index contributed by atoms with van der Waals surface area (Å²) >= 11 is 5.13. The summed E-state index contributed by atoms with van der Waals surface area (Å²) in [6, 6.07) is 0. The largest absolute Gasteiger partial charge is 0.339 e. The number of aromatic nitrogens is 1. The normalized spacial score (nSPS) is 17.8. The molecule has 0 spiro atoms. The minimum absolute atomic E-state index is 0.177. The molecule has 0 saturated carbocycles. The maximum absolute atomic E-state index is 12.1. The van der Waals surface area contributed by atoms with E-state index in [0.29, 0.717) is 0 Å². The van der Waals surface area contributed by atoms with Crippen molar-refractivity contribution in [2.75, 3.05) is 26.2 Å². The molecule has 19 heavy (non-hydrogen) atoms. The van der Waals surface area contributed by atoms with Crippen LogP contribution >= 0.6 is 27.3 Å². The Kier molecular flexibility index (Phi) is 4.63. The van der Waals surface area contributed by atoms with Crippen LogP contribution in [0.3, 0.4) is 0 Å². The molecule has 1 amide bonds. The molecule has 0 aliphatic carbocycles. The number of carbonyl (C=O) groups is 1. The molecule has 0 atom stereocenters. The highest BCUT2D eigenvalue weighted by Crippen LogP contribution is 2.20. The number of hydrogen-bond acceptors (Lipinski definition) is 4. The van der Waals surface area contributed by atoms with Gasteiger partial charge in [0, 0.05) is 38.1 Å². The van der Waals surface area contributed by atoms with Crippen molar-refractivity contribution in [3.8, 4) is 0 Å². The third-order valence-electron chi connectivity index (χ3n) is 3.22. The lowest BCUT2D eigenvalue weighted by Crippen LogP contribution is -2.52. The van der Waals surface area contributed by atoms with E-state index in [0.717, 1.165) is 43.4 Å². The molecule has 1 aromatic rings. The molecule has 0 aromatic carbocycles. The first-order valence-electron chi connectivity index (χ1n) is 6.48. The Morgan fingerprint density at radius 1 is 1.42 bits per heavy atom. The van der Waals surface area contributed by atoms with Gasteiger partial charge in [0.25, 0.3) is 0 Å². The van der Waals surface area contributed by atoms with E-state index < -0.39 is 4.32 Å². The maximum Gasteiger partial charge on any atom is 0.238 e. The first-order valence-corrected chi connectivity index (χ1v) is 8.15. The van der Waals surface area contributed by atoms with Gasteiger partial charge in [0.1, 0.15) is 0 Å². The lowest BCUT2D eigenvalue weighted by molar-refractivity contribution is -0.134. The van der Waals surface area contributed by atoms with Gasteiger partial charge in [0.05, 0.1) is 15.0 Å². The van der Waals surface area contributed by atoms with Gasteiger partial charge < -0.3 is 4.90 Å². The van der Waals surface area contributed by atoms with Crippen molar-refractivity contribution in [3.63, 3.8) is 0 Å².